The van der Waals surface area contributed by atoms with Crippen LogP contribution in [-0.4, -0.2) is 17.5 Å². The number of rotatable bonds is 3. The Bertz CT molecular complexity index is 149. The van der Waals surface area contributed by atoms with E-state index < -0.39 is 0 Å². The van der Waals surface area contributed by atoms with E-state index in [-0.39, 0.29) is 11.4 Å². The topological polar surface area (TPSA) is 29.6 Å². The molecule has 0 saturated carbocycles. The van der Waals surface area contributed by atoms with Crippen molar-refractivity contribution in [2.24, 2.45) is 0 Å². The number of epoxide rings is 1. The Morgan fingerprint density at radius 2 is 2.10 bits per heavy atom. The summed E-state index contributed by atoms with van der Waals surface area (Å²) in [5, 5.41) is 0. The van der Waals surface area contributed by atoms with Crippen LogP contribution in [0.1, 0.15) is 33.6 Å². The highest BCUT2D eigenvalue weighted by atomic mass is 16.6. The second-order valence-electron chi connectivity index (χ2n) is 3.45. The standard InChI is InChI=1S/C8H14O2/c1-6(9)4-5-7-8(2,3)10-7/h7H,4-5H2,1-3H3/t7-/m0/s1. The smallest absolute Gasteiger partial charge is 0.129 e. The van der Waals surface area contributed by atoms with Gasteiger partial charge in [-0.05, 0) is 27.2 Å². The van der Waals surface area contributed by atoms with Crippen molar-refractivity contribution >= 4 is 5.78 Å². The van der Waals surface area contributed by atoms with E-state index in [2.05, 4.69) is 13.8 Å². The quantitative estimate of drug-likeness (QED) is 0.559. The molecule has 1 aliphatic rings. The minimum Gasteiger partial charge on any atom is -0.367 e. The van der Waals surface area contributed by atoms with E-state index in [1.165, 1.54) is 0 Å². The molecule has 1 rings (SSSR count). The van der Waals surface area contributed by atoms with E-state index in [4.69, 9.17) is 4.74 Å². The summed E-state index contributed by atoms with van der Waals surface area (Å²) in [7, 11) is 0. The number of Topliss-reactive ketones (excluding diaryl/α,β-unsaturated/α-hetero) is 1. The summed E-state index contributed by atoms with van der Waals surface area (Å²) in [4.78, 5) is 10.5. The fourth-order valence-corrected chi connectivity index (χ4v) is 1.07. The predicted octanol–water partition coefficient (Wildman–Crippen LogP) is 1.53. The van der Waals surface area contributed by atoms with Crippen LogP contribution in [-0.2, 0) is 9.53 Å². The zero-order chi connectivity index (χ0) is 7.78. The number of ether oxygens (including phenoxy) is 1. The van der Waals surface area contributed by atoms with Crippen LogP contribution < -0.4 is 0 Å². The van der Waals surface area contributed by atoms with Crippen LogP contribution in [0.15, 0.2) is 0 Å². The van der Waals surface area contributed by atoms with Crippen LogP contribution in [0.3, 0.4) is 0 Å². The maximum Gasteiger partial charge on any atom is 0.129 e. The van der Waals surface area contributed by atoms with E-state index in [0.717, 1.165) is 6.42 Å². The molecule has 1 fully saturated rings. The van der Waals surface area contributed by atoms with Gasteiger partial charge in [0, 0.05) is 6.42 Å². The third kappa shape index (κ3) is 1.81. The molecular weight excluding hydrogens is 128 g/mol. The SMILES string of the molecule is CC(=O)CC[C@@H]1OC1(C)C. The van der Waals surface area contributed by atoms with E-state index in [9.17, 15) is 4.79 Å². The fourth-order valence-electron chi connectivity index (χ4n) is 1.07. The third-order valence-electron chi connectivity index (χ3n) is 1.92. The summed E-state index contributed by atoms with van der Waals surface area (Å²) in [5.74, 6) is 0.256. The molecule has 1 heterocycles. The number of hydrogen-bond donors (Lipinski definition) is 0. The van der Waals surface area contributed by atoms with Crippen molar-refractivity contribution < 1.29 is 9.53 Å². The molecule has 10 heavy (non-hydrogen) atoms. The molecule has 0 unspecified atom stereocenters. The molecule has 1 saturated heterocycles. The minimum atomic E-state index is 0.0510. The summed E-state index contributed by atoms with van der Waals surface area (Å²) >= 11 is 0. The Balaban J connectivity index is 2.13. The first-order valence-corrected chi connectivity index (χ1v) is 3.69. The van der Waals surface area contributed by atoms with Gasteiger partial charge in [0.25, 0.3) is 0 Å². The molecule has 0 aliphatic carbocycles. The van der Waals surface area contributed by atoms with Gasteiger partial charge < -0.3 is 9.53 Å². The Kier molecular flexibility index (Phi) is 1.82. The molecule has 0 aromatic rings. The molecule has 1 aliphatic heterocycles. The van der Waals surface area contributed by atoms with Crippen LogP contribution in [0.2, 0.25) is 0 Å². The van der Waals surface area contributed by atoms with Gasteiger partial charge in [-0.1, -0.05) is 0 Å². The zero-order valence-electron chi connectivity index (χ0n) is 6.81. The number of ketones is 1. The van der Waals surface area contributed by atoms with Gasteiger partial charge in [0.05, 0.1) is 11.7 Å². The first kappa shape index (κ1) is 7.73. The highest BCUT2D eigenvalue weighted by Crippen LogP contribution is 2.38. The Morgan fingerprint density at radius 3 is 2.40 bits per heavy atom. The lowest BCUT2D eigenvalue weighted by Gasteiger charge is -1.93. The molecule has 0 radical (unpaired) electrons. The van der Waals surface area contributed by atoms with E-state index in [1.807, 2.05) is 0 Å². The molecule has 1 atom stereocenters. The molecule has 2 nitrogen and oxygen atoms in total. The predicted molar refractivity (Wildman–Crippen MR) is 38.9 cm³/mol. The highest BCUT2D eigenvalue weighted by molar-refractivity contribution is 5.75. The van der Waals surface area contributed by atoms with Gasteiger partial charge in [-0.3, -0.25) is 0 Å². The van der Waals surface area contributed by atoms with Crippen LogP contribution in [0.5, 0.6) is 0 Å². The van der Waals surface area contributed by atoms with E-state index in [1.54, 1.807) is 6.92 Å². The molecular formula is C8H14O2. The average molecular weight is 142 g/mol. The molecule has 0 aromatic carbocycles. The second kappa shape index (κ2) is 2.35. The van der Waals surface area contributed by atoms with Crippen molar-refractivity contribution in [1.82, 2.24) is 0 Å². The van der Waals surface area contributed by atoms with Crippen molar-refractivity contribution in [1.29, 1.82) is 0 Å². The number of carbonyl (C=O) groups is 1. The summed E-state index contributed by atoms with van der Waals surface area (Å²) in [6, 6.07) is 0. The average Bonchev–Trinajstić information content (AvgIpc) is 2.35. The van der Waals surface area contributed by atoms with Crippen LogP contribution >= 0.6 is 0 Å². The first-order chi connectivity index (χ1) is 4.52. The molecule has 0 spiro atoms. The van der Waals surface area contributed by atoms with E-state index >= 15 is 0 Å². The molecule has 0 bridgehead atoms. The summed E-state index contributed by atoms with van der Waals surface area (Å²) in [6.45, 7) is 5.73. The van der Waals surface area contributed by atoms with Gasteiger partial charge >= 0.3 is 0 Å². The summed E-state index contributed by atoms with van der Waals surface area (Å²) in [5.41, 5.74) is 0.0510. The van der Waals surface area contributed by atoms with Crippen molar-refractivity contribution in [3.05, 3.63) is 0 Å². The highest BCUT2D eigenvalue weighted by Gasteiger charge is 2.46. The number of hydrogen-bond acceptors (Lipinski definition) is 2. The summed E-state index contributed by atoms with van der Waals surface area (Å²) < 4.78 is 5.30. The molecule has 0 amide bonds. The minimum absolute atomic E-state index is 0.0510. The van der Waals surface area contributed by atoms with Gasteiger partial charge in [-0.15, -0.1) is 0 Å². The normalized spacial score (nSPS) is 28.1. The fraction of sp³-hybridized carbons (Fsp3) is 0.875. The lowest BCUT2D eigenvalue weighted by molar-refractivity contribution is -0.117. The van der Waals surface area contributed by atoms with Crippen molar-refractivity contribution in [2.75, 3.05) is 0 Å². The monoisotopic (exact) mass is 142 g/mol. The maximum absolute atomic E-state index is 10.5. The maximum atomic E-state index is 10.5. The van der Waals surface area contributed by atoms with Crippen LogP contribution in [0.25, 0.3) is 0 Å². The molecule has 0 N–H and O–H groups in total. The van der Waals surface area contributed by atoms with Gasteiger partial charge in [-0.2, -0.15) is 0 Å². The lowest BCUT2D eigenvalue weighted by atomic mass is 10.1. The van der Waals surface area contributed by atoms with Gasteiger partial charge in [0.1, 0.15) is 5.78 Å². The van der Waals surface area contributed by atoms with Crippen molar-refractivity contribution in [3.63, 3.8) is 0 Å². The van der Waals surface area contributed by atoms with Gasteiger partial charge in [-0.25, -0.2) is 0 Å². The third-order valence-corrected chi connectivity index (χ3v) is 1.92. The van der Waals surface area contributed by atoms with Crippen LogP contribution in [0.4, 0.5) is 0 Å². The van der Waals surface area contributed by atoms with E-state index in [0.29, 0.717) is 12.5 Å². The Morgan fingerprint density at radius 1 is 1.60 bits per heavy atom. The Hall–Kier alpha value is -0.370. The largest absolute Gasteiger partial charge is 0.367 e. The molecule has 0 aromatic heterocycles. The summed E-state index contributed by atoms with van der Waals surface area (Å²) in [6.07, 6.45) is 1.88. The first-order valence-electron chi connectivity index (χ1n) is 3.69. The van der Waals surface area contributed by atoms with Crippen molar-refractivity contribution in [3.8, 4) is 0 Å². The van der Waals surface area contributed by atoms with Crippen molar-refractivity contribution in [2.45, 2.75) is 45.3 Å². The molecule has 2 heteroatoms. The molecule has 58 valence electrons. The van der Waals surface area contributed by atoms with Gasteiger partial charge in [0.2, 0.25) is 0 Å². The number of carbonyl (C=O) groups excluding carboxylic acids is 1. The second-order valence-corrected chi connectivity index (χ2v) is 3.45. The van der Waals surface area contributed by atoms with Gasteiger partial charge in [0.15, 0.2) is 0 Å². The van der Waals surface area contributed by atoms with Crippen LogP contribution in [0, 0.1) is 0 Å². The Labute approximate surface area is 61.6 Å². The lowest BCUT2D eigenvalue weighted by Crippen LogP contribution is -2.04. The zero-order valence-corrected chi connectivity index (χ0v) is 6.81.